The number of hydrogen-bond acceptors (Lipinski definition) is 3. The minimum absolute atomic E-state index is 0.149. The van der Waals surface area contributed by atoms with E-state index in [1.807, 2.05) is 48.7 Å². The normalized spacial score (nSPS) is 16.8. The minimum atomic E-state index is -0.333. The van der Waals surface area contributed by atoms with Crippen LogP contribution in [0.15, 0.2) is 59.5 Å². The van der Waals surface area contributed by atoms with Gasteiger partial charge in [0.25, 0.3) is 5.56 Å². The summed E-state index contributed by atoms with van der Waals surface area (Å²) in [5, 5.41) is 1.76. The van der Waals surface area contributed by atoms with Crippen LogP contribution < -0.4 is 10.3 Å². The lowest BCUT2D eigenvalue weighted by molar-refractivity contribution is -0.135. The van der Waals surface area contributed by atoms with E-state index in [0.717, 1.165) is 21.9 Å². The van der Waals surface area contributed by atoms with Gasteiger partial charge in [0.15, 0.2) is 0 Å². The fourth-order valence-corrected chi connectivity index (χ4v) is 3.73. The summed E-state index contributed by atoms with van der Waals surface area (Å²) in [5.41, 5.74) is 2.89. The Kier molecular flexibility index (Phi) is 2.85. The van der Waals surface area contributed by atoms with E-state index >= 15 is 0 Å². The molecular formula is C20H14N2O3. The fraction of sp³-hybridized carbons (Fsp3) is 0.100. The second-order valence-corrected chi connectivity index (χ2v) is 6.26. The second-order valence-electron chi connectivity index (χ2n) is 6.26. The van der Waals surface area contributed by atoms with E-state index in [4.69, 9.17) is 4.74 Å². The average Bonchev–Trinajstić information content (AvgIpc) is 3.05. The number of H-pyrrole nitrogens is 2. The highest BCUT2D eigenvalue weighted by Crippen LogP contribution is 2.41. The van der Waals surface area contributed by atoms with Crippen molar-refractivity contribution in [2.45, 2.75) is 12.3 Å². The number of ether oxygens (including phenoxy) is 1. The van der Waals surface area contributed by atoms with Crippen molar-refractivity contribution in [2.75, 3.05) is 0 Å². The van der Waals surface area contributed by atoms with E-state index in [1.165, 1.54) is 0 Å². The summed E-state index contributed by atoms with van der Waals surface area (Å²) < 4.78 is 5.50. The van der Waals surface area contributed by atoms with Gasteiger partial charge in [-0.05, 0) is 23.8 Å². The van der Waals surface area contributed by atoms with Crippen molar-refractivity contribution in [3.05, 3.63) is 76.2 Å². The quantitative estimate of drug-likeness (QED) is 0.525. The van der Waals surface area contributed by atoms with Gasteiger partial charge >= 0.3 is 5.97 Å². The topological polar surface area (TPSA) is 75.0 Å². The summed E-state index contributed by atoms with van der Waals surface area (Å²) in [6.07, 6.45) is 2.03. The maximum atomic E-state index is 12.8. The molecule has 0 spiro atoms. The highest BCUT2D eigenvalue weighted by atomic mass is 16.5. The van der Waals surface area contributed by atoms with Gasteiger partial charge in [-0.15, -0.1) is 0 Å². The number of nitrogens with one attached hydrogen (secondary N) is 2. The van der Waals surface area contributed by atoms with Gasteiger partial charge in [-0.3, -0.25) is 9.59 Å². The zero-order chi connectivity index (χ0) is 17.0. The third kappa shape index (κ3) is 2.02. The monoisotopic (exact) mass is 330 g/mol. The molecule has 3 heterocycles. The van der Waals surface area contributed by atoms with Crippen LogP contribution in [-0.2, 0) is 4.79 Å². The molecule has 4 aromatic rings. The Morgan fingerprint density at radius 2 is 1.64 bits per heavy atom. The molecule has 0 amide bonds. The van der Waals surface area contributed by atoms with Crippen molar-refractivity contribution >= 4 is 27.8 Å². The molecule has 5 heteroatoms. The van der Waals surface area contributed by atoms with E-state index in [1.54, 1.807) is 6.07 Å². The number of carbonyl (C=O) groups is 1. The number of para-hydroxylation sites is 2. The van der Waals surface area contributed by atoms with Crippen LogP contribution in [-0.4, -0.2) is 15.9 Å². The van der Waals surface area contributed by atoms with Crippen LogP contribution in [0.4, 0.5) is 0 Å². The standard InChI is InChI=1S/C20H14N2O3/c23-17-9-13(14-10-21-15-7-3-1-5-11(14)15)18-19(25-17)12-6-2-4-8-16(12)22-20(18)24/h1-8,10,13,21H,9H2,(H,22,24). The number of benzene rings is 2. The first kappa shape index (κ1) is 14.0. The molecule has 2 aromatic heterocycles. The Morgan fingerprint density at radius 3 is 2.48 bits per heavy atom. The molecule has 1 atom stereocenters. The van der Waals surface area contributed by atoms with E-state index in [2.05, 4.69) is 9.97 Å². The molecule has 1 unspecified atom stereocenters. The first-order valence-corrected chi connectivity index (χ1v) is 8.14. The van der Waals surface area contributed by atoms with Crippen molar-refractivity contribution in [2.24, 2.45) is 0 Å². The van der Waals surface area contributed by atoms with Gasteiger partial charge in [0.2, 0.25) is 0 Å². The summed E-state index contributed by atoms with van der Waals surface area (Å²) in [6, 6.07) is 15.2. The van der Waals surface area contributed by atoms with Crippen molar-refractivity contribution in [1.82, 2.24) is 9.97 Å². The van der Waals surface area contributed by atoms with Crippen molar-refractivity contribution in [3.8, 4) is 5.75 Å². The van der Waals surface area contributed by atoms with E-state index in [9.17, 15) is 9.59 Å². The number of carbonyl (C=O) groups excluding carboxylic acids is 1. The zero-order valence-corrected chi connectivity index (χ0v) is 13.2. The Labute approximate surface area is 142 Å². The Bertz CT molecular complexity index is 1200. The van der Waals surface area contributed by atoms with Gasteiger partial charge in [0.1, 0.15) is 5.75 Å². The first-order valence-electron chi connectivity index (χ1n) is 8.14. The third-order valence-electron chi connectivity index (χ3n) is 4.84. The lowest BCUT2D eigenvalue weighted by Gasteiger charge is -2.24. The molecular weight excluding hydrogens is 316 g/mol. The predicted molar refractivity (Wildman–Crippen MR) is 95.0 cm³/mol. The Hall–Kier alpha value is -3.34. The van der Waals surface area contributed by atoms with E-state index in [-0.39, 0.29) is 23.9 Å². The highest BCUT2D eigenvalue weighted by molar-refractivity contribution is 5.93. The van der Waals surface area contributed by atoms with Crippen molar-refractivity contribution in [3.63, 3.8) is 0 Å². The molecule has 0 fully saturated rings. The van der Waals surface area contributed by atoms with Gasteiger partial charge in [-0.25, -0.2) is 0 Å². The summed E-state index contributed by atoms with van der Waals surface area (Å²) in [7, 11) is 0. The van der Waals surface area contributed by atoms with Crippen LogP contribution in [0.25, 0.3) is 21.8 Å². The van der Waals surface area contributed by atoms with Gasteiger partial charge in [-0.1, -0.05) is 30.3 Å². The first-order chi connectivity index (χ1) is 12.2. The molecule has 5 rings (SSSR count). The maximum Gasteiger partial charge on any atom is 0.312 e. The molecule has 0 radical (unpaired) electrons. The van der Waals surface area contributed by atoms with Crippen molar-refractivity contribution in [1.29, 1.82) is 0 Å². The highest BCUT2D eigenvalue weighted by Gasteiger charge is 2.33. The summed E-state index contributed by atoms with van der Waals surface area (Å²) >= 11 is 0. The number of fused-ring (bicyclic) bond motifs is 4. The number of pyridine rings is 1. The van der Waals surface area contributed by atoms with Crippen molar-refractivity contribution < 1.29 is 9.53 Å². The molecule has 0 saturated carbocycles. The van der Waals surface area contributed by atoms with Gasteiger partial charge in [0.05, 0.1) is 17.5 Å². The molecule has 0 saturated heterocycles. The number of rotatable bonds is 1. The molecule has 122 valence electrons. The number of aromatic nitrogens is 2. The lowest BCUT2D eigenvalue weighted by Crippen LogP contribution is -2.28. The SMILES string of the molecule is O=C1CC(c2c[nH]c3ccccc23)c2c(c3ccccc3[nH]c2=O)O1. The van der Waals surface area contributed by atoms with E-state index in [0.29, 0.717) is 16.8 Å². The molecule has 1 aliphatic rings. The molecule has 2 N–H and O–H groups in total. The number of hydrogen-bond donors (Lipinski definition) is 2. The van der Waals surface area contributed by atoms with E-state index < -0.39 is 0 Å². The summed E-state index contributed by atoms with van der Waals surface area (Å²) in [5.74, 6) is -0.273. The van der Waals surface area contributed by atoms with Crippen LogP contribution in [0.1, 0.15) is 23.5 Å². The Balaban J connectivity index is 1.83. The molecule has 1 aliphatic heterocycles. The molecule has 0 bridgehead atoms. The van der Waals surface area contributed by atoms with Gasteiger partial charge in [-0.2, -0.15) is 0 Å². The number of esters is 1. The summed E-state index contributed by atoms with van der Waals surface area (Å²) in [4.78, 5) is 31.2. The summed E-state index contributed by atoms with van der Waals surface area (Å²) in [6.45, 7) is 0. The minimum Gasteiger partial charge on any atom is -0.425 e. The molecule has 2 aromatic carbocycles. The predicted octanol–water partition coefficient (Wildman–Crippen LogP) is 3.45. The van der Waals surface area contributed by atoms with Crippen LogP contribution in [0.3, 0.4) is 0 Å². The molecule has 25 heavy (non-hydrogen) atoms. The lowest BCUT2D eigenvalue weighted by atomic mass is 9.86. The van der Waals surface area contributed by atoms with Gasteiger partial charge < -0.3 is 14.7 Å². The Morgan fingerprint density at radius 1 is 0.920 bits per heavy atom. The van der Waals surface area contributed by atoms with Crippen LogP contribution >= 0.6 is 0 Å². The number of aromatic amines is 2. The van der Waals surface area contributed by atoms with Gasteiger partial charge in [0, 0.05) is 28.4 Å². The third-order valence-corrected chi connectivity index (χ3v) is 4.84. The average molecular weight is 330 g/mol. The van der Waals surface area contributed by atoms with Crippen LogP contribution in [0.2, 0.25) is 0 Å². The maximum absolute atomic E-state index is 12.8. The smallest absolute Gasteiger partial charge is 0.312 e. The van der Waals surface area contributed by atoms with Crippen LogP contribution in [0, 0.1) is 0 Å². The second kappa shape index (κ2) is 5.08. The van der Waals surface area contributed by atoms with Crippen LogP contribution in [0.5, 0.6) is 5.75 Å². The fourth-order valence-electron chi connectivity index (χ4n) is 3.73. The largest absolute Gasteiger partial charge is 0.425 e. The molecule has 0 aliphatic carbocycles. The zero-order valence-electron chi connectivity index (χ0n) is 13.2. The molecule has 5 nitrogen and oxygen atoms in total.